The Labute approximate surface area is 197 Å². The number of nitrogens with two attached hydrogens (primary N) is 1. The number of ether oxygens (including phenoxy) is 2. The van der Waals surface area contributed by atoms with Gasteiger partial charge in [0.25, 0.3) is 14.4 Å². The second-order valence-corrected chi connectivity index (χ2v) is 8.81. The lowest BCUT2D eigenvalue weighted by Gasteiger charge is -2.24. The van der Waals surface area contributed by atoms with Gasteiger partial charge >= 0.3 is 5.97 Å². The Hall–Kier alpha value is -2.75. The van der Waals surface area contributed by atoms with E-state index in [1.165, 1.54) is 30.1 Å². The molecule has 0 saturated heterocycles. The van der Waals surface area contributed by atoms with Crippen molar-refractivity contribution >= 4 is 25.5 Å². The van der Waals surface area contributed by atoms with Crippen molar-refractivity contribution in [2.75, 3.05) is 18.9 Å². The highest BCUT2D eigenvalue weighted by atomic mass is 31.1. The zero-order valence-corrected chi connectivity index (χ0v) is 20.2. The standard InChI is InChI=1S/C20H31N6O7P/c1-4-13(5-2)8-31-20(29)12(3)25-34(30)33-9-16(32-10-21)18(28)17(27)14-6-7-15-19(22)23-11-24-26(14)15/h6-7,11-13,16-18,27-28,34H,4-5,8-9H2,1-3H3,(H,25,30)(H2,22,23,24)/t12-,16+,17-,18+/m0/s1. The number of nitrogens with zero attached hydrogens (tertiary/aromatic N) is 4. The van der Waals surface area contributed by atoms with Crippen molar-refractivity contribution in [3.63, 3.8) is 0 Å². The Morgan fingerprint density at radius 1 is 1.32 bits per heavy atom. The highest BCUT2D eigenvalue weighted by Crippen LogP contribution is 2.26. The SMILES string of the molecule is CCC(CC)COC(=O)[C@H](C)N[PH](=O)OC[C@@H](OC#N)[C@@H](O)[C@@H](O)c1ccc2c(N)ncnn12. The summed E-state index contributed by atoms with van der Waals surface area (Å²) in [6.45, 7) is 5.25. The molecule has 14 heteroatoms. The molecule has 34 heavy (non-hydrogen) atoms. The molecule has 5 N–H and O–H groups in total. The number of esters is 1. The number of rotatable bonds is 14. The second-order valence-electron chi connectivity index (χ2n) is 7.66. The van der Waals surface area contributed by atoms with E-state index in [1.807, 2.05) is 13.8 Å². The number of nitrogen functional groups attached to an aromatic ring is 1. The van der Waals surface area contributed by atoms with E-state index in [1.54, 1.807) is 6.07 Å². The maximum atomic E-state index is 12.3. The zero-order chi connectivity index (χ0) is 25.3. The number of nitrogens with one attached hydrogen (secondary N) is 1. The van der Waals surface area contributed by atoms with Crippen molar-refractivity contribution < 1.29 is 33.6 Å². The molecule has 2 rings (SSSR count). The average molecular weight is 498 g/mol. The van der Waals surface area contributed by atoms with Gasteiger partial charge in [-0.2, -0.15) is 10.4 Å². The summed E-state index contributed by atoms with van der Waals surface area (Å²) in [4.78, 5) is 15.9. The Kier molecular flexibility index (Phi) is 10.7. The monoisotopic (exact) mass is 498 g/mol. The molecule has 0 aromatic carbocycles. The van der Waals surface area contributed by atoms with Gasteiger partial charge in [0.15, 0.2) is 11.9 Å². The molecule has 0 aliphatic heterocycles. The molecule has 1 unspecified atom stereocenters. The van der Waals surface area contributed by atoms with Crippen LogP contribution >= 0.6 is 8.18 Å². The van der Waals surface area contributed by atoms with E-state index in [2.05, 4.69) is 15.2 Å². The van der Waals surface area contributed by atoms with Gasteiger partial charge in [0.1, 0.15) is 30.1 Å². The third kappa shape index (κ3) is 7.12. The van der Waals surface area contributed by atoms with Crippen LogP contribution in [0.3, 0.4) is 0 Å². The van der Waals surface area contributed by atoms with E-state index in [0.717, 1.165) is 12.8 Å². The van der Waals surface area contributed by atoms with Crippen molar-refractivity contribution in [3.05, 3.63) is 24.2 Å². The smallest absolute Gasteiger partial charge is 0.323 e. The van der Waals surface area contributed by atoms with Crippen molar-refractivity contribution in [1.29, 1.82) is 5.26 Å². The number of fused-ring (bicyclic) bond motifs is 1. The predicted octanol–water partition coefficient (Wildman–Crippen LogP) is 0.936. The number of aromatic nitrogens is 3. The number of anilines is 1. The van der Waals surface area contributed by atoms with Gasteiger partial charge in [-0.25, -0.2) is 14.6 Å². The molecular weight excluding hydrogens is 467 g/mol. The fourth-order valence-electron chi connectivity index (χ4n) is 3.13. The first-order valence-electron chi connectivity index (χ1n) is 10.8. The minimum Gasteiger partial charge on any atom is -0.464 e. The quantitative estimate of drug-likeness (QED) is 0.164. The van der Waals surface area contributed by atoms with Crippen LogP contribution < -0.4 is 10.8 Å². The van der Waals surface area contributed by atoms with Crippen LogP contribution in [0.5, 0.6) is 0 Å². The highest BCUT2D eigenvalue weighted by Gasteiger charge is 2.32. The summed E-state index contributed by atoms with van der Waals surface area (Å²) in [6.07, 6.45) is -0.196. The molecule has 0 bridgehead atoms. The number of nitriles is 1. The largest absolute Gasteiger partial charge is 0.464 e. The maximum Gasteiger partial charge on any atom is 0.323 e. The summed E-state index contributed by atoms with van der Waals surface area (Å²) in [5.74, 6) is -0.148. The van der Waals surface area contributed by atoms with E-state index in [-0.39, 0.29) is 24.0 Å². The van der Waals surface area contributed by atoms with Crippen LogP contribution in [0.4, 0.5) is 5.82 Å². The predicted molar refractivity (Wildman–Crippen MR) is 121 cm³/mol. The van der Waals surface area contributed by atoms with Gasteiger partial charge < -0.3 is 29.9 Å². The zero-order valence-electron chi connectivity index (χ0n) is 19.2. The maximum absolute atomic E-state index is 12.3. The number of hydrogen-bond donors (Lipinski definition) is 4. The summed E-state index contributed by atoms with van der Waals surface area (Å²) >= 11 is 0. The van der Waals surface area contributed by atoms with Crippen molar-refractivity contribution in [2.24, 2.45) is 5.92 Å². The number of aliphatic hydroxyl groups is 2. The molecule has 2 heterocycles. The third-order valence-electron chi connectivity index (χ3n) is 5.41. The number of carbonyl (C=O) groups is 1. The number of aliphatic hydroxyl groups excluding tert-OH is 2. The van der Waals surface area contributed by atoms with E-state index < -0.39 is 45.1 Å². The first-order valence-corrected chi connectivity index (χ1v) is 12.1. The highest BCUT2D eigenvalue weighted by molar-refractivity contribution is 7.36. The summed E-state index contributed by atoms with van der Waals surface area (Å²) in [5.41, 5.74) is 6.35. The molecule has 0 aliphatic rings. The lowest BCUT2D eigenvalue weighted by molar-refractivity contribution is -0.146. The van der Waals surface area contributed by atoms with Crippen LogP contribution in [0.25, 0.3) is 5.52 Å². The van der Waals surface area contributed by atoms with Gasteiger partial charge in [-0.15, -0.1) is 0 Å². The fraction of sp³-hybridized carbons (Fsp3) is 0.600. The first kappa shape index (κ1) is 27.5. The fourth-order valence-corrected chi connectivity index (χ4v) is 4.00. The molecule has 188 valence electrons. The van der Waals surface area contributed by atoms with E-state index in [4.69, 9.17) is 25.0 Å². The molecule has 0 fully saturated rings. The summed E-state index contributed by atoms with van der Waals surface area (Å²) in [6, 6.07) is 2.14. The average Bonchev–Trinajstić information content (AvgIpc) is 3.26. The van der Waals surface area contributed by atoms with E-state index >= 15 is 0 Å². The molecule has 0 aliphatic carbocycles. The van der Waals surface area contributed by atoms with Crippen LogP contribution in [-0.4, -0.2) is 62.2 Å². The van der Waals surface area contributed by atoms with Gasteiger partial charge in [-0.05, 0) is 25.0 Å². The summed E-state index contributed by atoms with van der Waals surface area (Å²) in [5, 5.41) is 36.6. The van der Waals surface area contributed by atoms with E-state index in [9.17, 15) is 19.6 Å². The van der Waals surface area contributed by atoms with Gasteiger partial charge in [0.2, 0.25) is 0 Å². The summed E-state index contributed by atoms with van der Waals surface area (Å²) in [7, 11) is -2.97. The second kappa shape index (κ2) is 13.2. The minimum absolute atomic E-state index is 0.169. The molecule has 2 aromatic rings. The van der Waals surface area contributed by atoms with Crippen molar-refractivity contribution in [2.45, 2.75) is 58.0 Å². The molecular formula is C20H31N6O7P. The van der Waals surface area contributed by atoms with Gasteiger partial charge in [0.05, 0.1) is 18.9 Å². The molecule has 2 aromatic heterocycles. The molecule has 5 atom stereocenters. The lowest BCUT2D eigenvalue weighted by Crippen LogP contribution is -2.38. The summed E-state index contributed by atoms with van der Waals surface area (Å²) < 4.78 is 28.8. The number of carbonyl (C=O) groups excluding carboxylic acids is 1. The number of hydrogen-bond acceptors (Lipinski definition) is 11. The van der Waals surface area contributed by atoms with Crippen LogP contribution in [0.15, 0.2) is 18.5 Å². The van der Waals surface area contributed by atoms with Gasteiger partial charge in [0, 0.05) is 0 Å². The van der Waals surface area contributed by atoms with Gasteiger partial charge in [-0.1, -0.05) is 26.7 Å². The van der Waals surface area contributed by atoms with E-state index in [0.29, 0.717) is 5.52 Å². The first-order chi connectivity index (χ1) is 16.2. The topological polar surface area (TPSA) is 194 Å². The molecule has 0 amide bonds. The van der Waals surface area contributed by atoms with Crippen LogP contribution in [-0.2, 0) is 23.4 Å². The Morgan fingerprint density at radius 3 is 2.68 bits per heavy atom. The minimum atomic E-state index is -2.97. The molecule has 0 spiro atoms. The van der Waals surface area contributed by atoms with Crippen LogP contribution in [0, 0.1) is 17.4 Å². The Balaban J connectivity index is 1.94. The van der Waals surface area contributed by atoms with Gasteiger partial charge in [-0.3, -0.25) is 9.36 Å². The molecule has 0 radical (unpaired) electrons. The Morgan fingerprint density at radius 2 is 2.03 bits per heavy atom. The molecule has 13 nitrogen and oxygen atoms in total. The third-order valence-corrected chi connectivity index (χ3v) is 6.50. The van der Waals surface area contributed by atoms with Crippen LogP contribution in [0.1, 0.15) is 45.4 Å². The Bertz CT molecular complexity index is 1010. The molecule has 0 saturated carbocycles. The normalized spacial score (nSPS) is 15.9. The van der Waals surface area contributed by atoms with Crippen LogP contribution in [0.2, 0.25) is 0 Å². The van der Waals surface area contributed by atoms with Crippen molar-refractivity contribution in [3.8, 4) is 6.26 Å². The lowest BCUT2D eigenvalue weighted by atomic mass is 10.1. The van der Waals surface area contributed by atoms with Crippen molar-refractivity contribution in [1.82, 2.24) is 19.7 Å².